The summed E-state index contributed by atoms with van der Waals surface area (Å²) in [6, 6.07) is 9.33. The van der Waals surface area contributed by atoms with E-state index in [1.54, 1.807) is 17.4 Å². The maximum Gasteiger partial charge on any atom is 0.231 e. The minimum Gasteiger partial charge on any atom is -0.326 e. The minimum atomic E-state index is -0.117. The zero-order valence-electron chi connectivity index (χ0n) is 11.8. The fourth-order valence-corrected chi connectivity index (χ4v) is 3.62. The highest BCUT2D eigenvalue weighted by atomic mass is 32.1. The maximum absolute atomic E-state index is 12.0. The Labute approximate surface area is 135 Å². The van der Waals surface area contributed by atoms with E-state index in [0.717, 1.165) is 20.8 Å². The summed E-state index contributed by atoms with van der Waals surface area (Å²) in [5.41, 5.74) is 1.52. The van der Waals surface area contributed by atoms with Crippen LogP contribution in [0.2, 0.25) is 0 Å². The van der Waals surface area contributed by atoms with Crippen LogP contribution in [0.4, 0.5) is 10.8 Å². The largest absolute Gasteiger partial charge is 0.326 e. The van der Waals surface area contributed by atoms with Gasteiger partial charge < -0.3 is 10.6 Å². The Kier molecular flexibility index (Phi) is 4.17. The highest BCUT2D eigenvalue weighted by molar-refractivity contribution is 7.22. The standard InChI is InChI=1S/C15H13N3O2S2/c1-9(19)16-10-4-5-12-13(7-10)22-15(17-12)18-14(20)8-11-3-2-6-21-11/h2-7H,8H2,1H3,(H,16,19)(H,17,18,20). The number of rotatable bonds is 4. The minimum absolute atomic E-state index is 0.0800. The second-order valence-corrected chi connectivity index (χ2v) is 6.75. The summed E-state index contributed by atoms with van der Waals surface area (Å²) in [5.74, 6) is -0.197. The maximum atomic E-state index is 12.0. The number of nitrogens with zero attached hydrogens (tertiary/aromatic N) is 1. The first kappa shape index (κ1) is 14.7. The molecule has 0 unspecified atom stereocenters. The van der Waals surface area contributed by atoms with Crippen molar-refractivity contribution in [2.24, 2.45) is 0 Å². The number of aromatic nitrogens is 1. The molecule has 7 heteroatoms. The van der Waals surface area contributed by atoms with Gasteiger partial charge in [-0.2, -0.15) is 0 Å². The predicted molar refractivity (Wildman–Crippen MR) is 90.6 cm³/mol. The smallest absolute Gasteiger partial charge is 0.231 e. The van der Waals surface area contributed by atoms with Crippen molar-refractivity contribution in [1.82, 2.24) is 4.98 Å². The lowest BCUT2D eigenvalue weighted by Crippen LogP contribution is -2.13. The molecule has 0 fully saturated rings. The molecule has 0 aliphatic heterocycles. The zero-order valence-corrected chi connectivity index (χ0v) is 13.4. The molecule has 3 aromatic rings. The van der Waals surface area contributed by atoms with E-state index in [1.807, 2.05) is 29.6 Å². The van der Waals surface area contributed by atoms with E-state index in [9.17, 15) is 9.59 Å². The number of hydrogen-bond donors (Lipinski definition) is 2. The van der Waals surface area contributed by atoms with Crippen molar-refractivity contribution in [2.75, 3.05) is 10.6 Å². The summed E-state index contributed by atoms with van der Waals surface area (Å²) < 4.78 is 0.915. The van der Waals surface area contributed by atoms with Crippen molar-refractivity contribution in [2.45, 2.75) is 13.3 Å². The van der Waals surface area contributed by atoms with Gasteiger partial charge in [0.2, 0.25) is 11.8 Å². The number of anilines is 2. The van der Waals surface area contributed by atoms with Crippen molar-refractivity contribution in [3.8, 4) is 0 Å². The van der Waals surface area contributed by atoms with Crippen LogP contribution in [0.15, 0.2) is 35.7 Å². The average Bonchev–Trinajstić information content (AvgIpc) is 3.06. The van der Waals surface area contributed by atoms with E-state index in [-0.39, 0.29) is 11.8 Å². The van der Waals surface area contributed by atoms with Crippen LogP contribution in [0.25, 0.3) is 10.2 Å². The van der Waals surface area contributed by atoms with Crippen LogP contribution in [0, 0.1) is 0 Å². The van der Waals surface area contributed by atoms with Gasteiger partial charge in [-0.1, -0.05) is 17.4 Å². The predicted octanol–water partition coefficient (Wildman–Crippen LogP) is 3.50. The van der Waals surface area contributed by atoms with Gasteiger partial charge in [-0.15, -0.1) is 11.3 Å². The molecule has 0 atom stereocenters. The fraction of sp³-hybridized carbons (Fsp3) is 0.133. The Bertz CT molecular complexity index is 825. The molecule has 0 saturated carbocycles. The number of carbonyl (C=O) groups excluding carboxylic acids is 2. The molecule has 22 heavy (non-hydrogen) atoms. The lowest BCUT2D eigenvalue weighted by Gasteiger charge is -1.99. The summed E-state index contributed by atoms with van der Waals surface area (Å²) in [4.78, 5) is 28.4. The Morgan fingerprint density at radius 2 is 2.09 bits per heavy atom. The van der Waals surface area contributed by atoms with Gasteiger partial charge in [0.1, 0.15) is 0 Å². The summed E-state index contributed by atoms with van der Waals surface area (Å²) >= 11 is 2.94. The van der Waals surface area contributed by atoms with Crippen molar-refractivity contribution in [3.63, 3.8) is 0 Å². The topological polar surface area (TPSA) is 71.1 Å². The van der Waals surface area contributed by atoms with Crippen LogP contribution in [-0.2, 0) is 16.0 Å². The molecule has 1 aromatic carbocycles. The van der Waals surface area contributed by atoms with E-state index in [1.165, 1.54) is 18.3 Å². The lowest BCUT2D eigenvalue weighted by atomic mass is 10.3. The first-order valence-corrected chi connectivity index (χ1v) is 8.30. The first-order chi connectivity index (χ1) is 10.6. The normalized spacial score (nSPS) is 10.6. The van der Waals surface area contributed by atoms with Crippen molar-refractivity contribution in [3.05, 3.63) is 40.6 Å². The molecule has 112 valence electrons. The van der Waals surface area contributed by atoms with Crippen LogP contribution >= 0.6 is 22.7 Å². The van der Waals surface area contributed by atoms with Gasteiger partial charge in [0, 0.05) is 17.5 Å². The monoisotopic (exact) mass is 331 g/mol. The van der Waals surface area contributed by atoms with Crippen LogP contribution in [0.5, 0.6) is 0 Å². The zero-order chi connectivity index (χ0) is 15.5. The number of fused-ring (bicyclic) bond motifs is 1. The van der Waals surface area contributed by atoms with E-state index in [0.29, 0.717) is 11.6 Å². The third-order valence-corrected chi connectivity index (χ3v) is 4.68. The Morgan fingerprint density at radius 1 is 1.23 bits per heavy atom. The van der Waals surface area contributed by atoms with Crippen LogP contribution in [0.3, 0.4) is 0 Å². The molecule has 3 rings (SSSR count). The number of carbonyl (C=O) groups is 2. The quantitative estimate of drug-likeness (QED) is 0.768. The van der Waals surface area contributed by atoms with Gasteiger partial charge in [0.05, 0.1) is 16.6 Å². The van der Waals surface area contributed by atoms with Gasteiger partial charge in [0.15, 0.2) is 5.13 Å². The first-order valence-electron chi connectivity index (χ1n) is 6.60. The second kappa shape index (κ2) is 6.25. The van der Waals surface area contributed by atoms with E-state index >= 15 is 0 Å². The average molecular weight is 331 g/mol. The number of thiazole rings is 1. The number of amides is 2. The van der Waals surface area contributed by atoms with Crippen LogP contribution in [-0.4, -0.2) is 16.8 Å². The molecule has 5 nitrogen and oxygen atoms in total. The molecule has 2 amide bonds. The van der Waals surface area contributed by atoms with Crippen molar-refractivity contribution in [1.29, 1.82) is 0 Å². The van der Waals surface area contributed by atoms with Gasteiger partial charge in [-0.3, -0.25) is 9.59 Å². The molecule has 0 saturated heterocycles. The summed E-state index contributed by atoms with van der Waals surface area (Å²) in [6.07, 6.45) is 0.352. The third kappa shape index (κ3) is 3.49. The highest BCUT2D eigenvalue weighted by Crippen LogP contribution is 2.28. The lowest BCUT2D eigenvalue weighted by molar-refractivity contribution is -0.115. The van der Waals surface area contributed by atoms with Gasteiger partial charge in [0.25, 0.3) is 0 Å². The van der Waals surface area contributed by atoms with Gasteiger partial charge in [-0.05, 0) is 29.6 Å². The Hall–Kier alpha value is -2.25. The van der Waals surface area contributed by atoms with Gasteiger partial charge in [-0.25, -0.2) is 4.98 Å². The SMILES string of the molecule is CC(=O)Nc1ccc2nc(NC(=O)Cc3cccs3)sc2c1. The molecule has 2 N–H and O–H groups in total. The molecule has 2 heterocycles. The van der Waals surface area contributed by atoms with E-state index in [2.05, 4.69) is 15.6 Å². The fourth-order valence-electron chi connectivity index (χ4n) is 1.99. The Balaban J connectivity index is 1.74. The second-order valence-electron chi connectivity index (χ2n) is 4.69. The number of nitrogens with one attached hydrogen (secondary N) is 2. The molecule has 0 aliphatic rings. The van der Waals surface area contributed by atoms with Crippen molar-refractivity contribution < 1.29 is 9.59 Å². The van der Waals surface area contributed by atoms with E-state index in [4.69, 9.17) is 0 Å². The summed E-state index contributed by atoms with van der Waals surface area (Å²) in [6.45, 7) is 1.47. The van der Waals surface area contributed by atoms with E-state index < -0.39 is 0 Å². The summed E-state index contributed by atoms with van der Waals surface area (Å²) in [7, 11) is 0. The third-order valence-electron chi connectivity index (χ3n) is 2.87. The highest BCUT2D eigenvalue weighted by Gasteiger charge is 2.10. The van der Waals surface area contributed by atoms with Crippen LogP contribution in [0.1, 0.15) is 11.8 Å². The molecular formula is C15H13N3O2S2. The summed E-state index contributed by atoms with van der Waals surface area (Å²) in [5, 5.41) is 8.06. The number of benzene rings is 1. The molecule has 0 spiro atoms. The van der Waals surface area contributed by atoms with Crippen LogP contribution < -0.4 is 10.6 Å². The Morgan fingerprint density at radius 3 is 2.82 bits per heavy atom. The number of hydrogen-bond acceptors (Lipinski definition) is 5. The van der Waals surface area contributed by atoms with Crippen molar-refractivity contribution >= 4 is 55.5 Å². The molecule has 0 bridgehead atoms. The molecular weight excluding hydrogens is 318 g/mol. The van der Waals surface area contributed by atoms with Gasteiger partial charge >= 0.3 is 0 Å². The molecule has 0 radical (unpaired) electrons. The number of thiophene rings is 1. The molecule has 2 aromatic heterocycles. The molecule has 0 aliphatic carbocycles.